The number of hydrogen-bond acceptors (Lipinski definition) is 4. The van der Waals surface area contributed by atoms with Gasteiger partial charge in [-0.2, -0.15) is 11.3 Å². The second kappa shape index (κ2) is 5.71. The van der Waals surface area contributed by atoms with E-state index in [9.17, 15) is 4.79 Å². The molecule has 0 bridgehead atoms. The Balaban J connectivity index is 1.75. The predicted molar refractivity (Wildman–Crippen MR) is 79.0 cm³/mol. The van der Waals surface area contributed by atoms with Crippen LogP contribution in [0.25, 0.3) is 0 Å². The van der Waals surface area contributed by atoms with E-state index >= 15 is 0 Å². The molecule has 3 rings (SSSR count). The van der Waals surface area contributed by atoms with Gasteiger partial charge in [-0.05, 0) is 31.2 Å². The Morgan fingerprint density at radius 2 is 2.35 bits per heavy atom. The summed E-state index contributed by atoms with van der Waals surface area (Å²) < 4.78 is 0. The van der Waals surface area contributed by atoms with Crippen molar-refractivity contribution < 1.29 is 4.79 Å². The molecule has 1 aliphatic heterocycles. The number of likely N-dealkylation sites (tertiary alicyclic amines) is 1. The van der Waals surface area contributed by atoms with Crippen LogP contribution in [0.3, 0.4) is 0 Å². The highest BCUT2D eigenvalue weighted by Crippen LogP contribution is 2.26. The van der Waals surface area contributed by atoms with Crippen LogP contribution in [0.4, 0.5) is 0 Å². The van der Waals surface area contributed by atoms with E-state index in [0.717, 1.165) is 42.9 Å². The Bertz CT molecular complexity index is 597. The highest BCUT2D eigenvalue weighted by Gasteiger charge is 2.26. The number of piperidine rings is 1. The maximum atomic E-state index is 12.4. The lowest BCUT2D eigenvalue weighted by molar-refractivity contribution is 0.0706. The number of aromatic nitrogens is 2. The molecule has 0 N–H and O–H groups in total. The molecule has 0 aromatic carbocycles. The molecule has 0 spiro atoms. The lowest BCUT2D eigenvalue weighted by atomic mass is 9.94. The third kappa shape index (κ3) is 2.72. The van der Waals surface area contributed by atoms with E-state index in [0.29, 0.717) is 5.92 Å². The van der Waals surface area contributed by atoms with Crippen LogP contribution in [0.5, 0.6) is 0 Å². The van der Waals surface area contributed by atoms with Gasteiger partial charge >= 0.3 is 0 Å². The summed E-state index contributed by atoms with van der Waals surface area (Å²) >= 11 is 1.56. The van der Waals surface area contributed by atoms with Gasteiger partial charge in [0.15, 0.2) is 0 Å². The van der Waals surface area contributed by atoms with E-state index in [4.69, 9.17) is 0 Å². The molecule has 104 valence electrons. The maximum Gasteiger partial charge on any atom is 0.254 e. The summed E-state index contributed by atoms with van der Waals surface area (Å²) in [6.07, 6.45) is 5.69. The van der Waals surface area contributed by atoms with Gasteiger partial charge in [0.25, 0.3) is 5.91 Å². The van der Waals surface area contributed by atoms with Crippen LogP contribution in [0, 0.1) is 6.92 Å². The second-order valence-corrected chi connectivity index (χ2v) is 5.97. The monoisotopic (exact) mass is 287 g/mol. The van der Waals surface area contributed by atoms with E-state index in [2.05, 4.69) is 9.97 Å². The lowest BCUT2D eigenvalue weighted by Crippen LogP contribution is -2.39. The highest BCUT2D eigenvalue weighted by atomic mass is 32.1. The third-order valence-electron chi connectivity index (χ3n) is 3.67. The smallest absolute Gasteiger partial charge is 0.254 e. The number of carbonyl (C=O) groups excluding carboxylic acids is 1. The zero-order chi connectivity index (χ0) is 13.9. The van der Waals surface area contributed by atoms with Crippen LogP contribution < -0.4 is 0 Å². The van der Waals surface area contributed by atoms with Crippen molar-refractivity contribution in [1.82, 2.24) is 14.9 Å². The van der Waals surface area contributed by atoms with Gasteiger partial charge in [0, 0.05) is 36.8 Å². The van der Waals surface area contributed by atoms with Gasteiger partial charge in [0.05, 0.1) is 17.0 Å². The van der Waals surface area contributed by atoms with E-state index < -0.39 is 0 Å². The Morgan fingerprint density at radius 1 is 1.45 bits per heavy atom. The lowest BCUT2D eigenvalue weighted by Gasteiger charge is -2.32. The molecule has 1 aliphatic rings. The summed E-state index contributed by atoms with van der Waals surface area (Å²) in [4.78, 5) is 23.1. The molecule has 5 heteroatoms. The molecule has 0 aliphatic carbocycles. The van der Waals surface area contributed by atoms with Crippen LogP contribution in [0.1, 0.15) is 40.5 Å². The molecule has 0 saturated carbocycles. The largest absolute Gasteiger partial charge is 0.338 e. The van der Waals surface area contributed by atoms with Crippen molar-refractivity contribution in [1.29, 1.82) is 0 Å². The first kappa shape index (κ1) is 13.2. The molecule has 1 atom stereocenters. The first-order valence-corrected chi connectivity index (χ1v) is 7.78. The van der Waals surface area contributed by atoms with Crippen molar-refractivity contribution in [2.24, 2.45) is 0 Å². The average molecular weight is 287 g/mol. The summed E-state index contributed by atoms with van der Waals surface area (Å²) in [7, 11) is 0. The minimum atomic E-state index is 0.136. The van der Waals surface area contributed by atoms with Gasteiger partial charge in [-0.15, -0.1) is 0 Å². The molecule has 3 heterocycles. The van der Waals surface area contributed by atoms with Gasteiger partial charge < -0.3 is 4.90 Å². The van der Waals surface area contributed by atoms with Crippen LogP contribution in [0.2, 0.25) is 0 Å². The first-order valence-electron chi connectivity index (χ1n) is 6.84. The van der Waals surface area contributed by atoms with Crippen LogP contribution in [-0.2, 0) is 0 Å². The molecule has 4 nitrogen and oxygen atoms in total. The number of hydrogen-bond donors (Lipinski definition) is 0. The Kier molecular flexibility index (Phi) is 3.78. The number of nitrogens with zero attached hydrogens (tertiary/aromatic N) is 3. The van der Waals surface area contributed by atoms with Gasteiger partial charge in [-0.3, -0.25) is 14.8 Å². The van der Waals surface area contributed by atoms with Crippen molar-refractivity contribution in [2.45, 2.75) is 25.7 Å². The van der Waals surface area contributed by atoms with Crippen molar-refractivity contribution in [2.75, 3.05) is 13.1 Å². The molecular weight excluding hydrogens is 270 g/mol. The number of rotatable bonds is 2. The Labute approximate surface area is 122 Å². The quantitative estimate of drug-likeness (QED) is 0.853. The van der Waals surface area contributed by atoms with E-state index in [1.165, 1.54) is 0 Å². The first-order chi connectivity index (χ1) is 9.74. The topological polar surface area (TPSA) is 46.1 Å². The number of thiophene rings is 1. The van der Waals surface area contributed by atoms with Crippen molar-refractivity contribution >= 4 is 17.2 Å². The molecule has 1 unspecified atom stereocenters. The molecule has 0 radical (unpaired) electrons. The molecule has 2 aromatic heterocycles. The van der Waals surface area contributed by atoms with Crippen LogP contribution in [0.15, 0.2) is 29.2 Å². The summed E-state index contributed by atoms with van der Waals surface area (Å²) in [5.41, 5.74) is 2.74. The molecular formula is C15H17N3OS. The molecule has 2 aromatic rings. The SMILES string of the molecule is Cc1cncc(C2CCCN(C(=O)c3ccsc3)C2)n1. The highest BCUT2D eigenvalue weighted by molar-refractivity contribution is 7.08. The molecule has 1 amide bonds. The maximum absolute atomic E-state index is 12.4. The fourth-order valence-electron chi connectivity index (χ4n) is 2.65. The van der Waals surface area contributed by atoms with E-state index in [1.807, 2.05) is 34.8 Å². The minimum absolute atomic E-state index is 0.136. The van der Waals surface area contributed by atoms with Crippen molar-refractivity contribution in [3.8, 4) is 0 Å². The van der Waals surface area contributed by atoms with Gasteiger partial charge in [-0.25, -0.2) is 0 Å². The minimum Gasteiger partial charge on any atom is -0.338 e. The van der Waals surface area contributed by atoms with Crippen molar-refractivity contribution in [3.05, 3.63) is 46.2 Å². The normalized spacial score (nSPS) is 19.1. The van der Waals surface area contributed by atoms with Crippen LogP contribution >= 0.6 is 11.3 Å². The second-order valence-electron chi connectivity index (χ2n) is 5.19. The third-order valence-corrected chi connectivity index (χ3v) is 4.35. The number of carbonyl (C=O) groups is 1. The summed E-state index contributed by atoms with van der Waals surface area (Å²) in [6.45, 7) is 3.53. The standard InChI is InChI=1S/C15H17N3OS/c1-11-7-16-8-14(17-11)12-3-2-5-18(9-12)15(19)13-4-6-20-10-13/h4,6-8,10,12H,2-3,5,9H2,1H3. The fourth-order valence-corrected chi connectivity index (χ4v) is 3.28. The van der Waals surface area contributed by atoms with Gasteiger partial charge in [0.2, 0.25) is 0 Å². The van der Waals surface area contributed by atoms with Gasteiger partial charge in [-0.1, -0.05) is 0 Å². The Hall–Kier alpha value is -1.75. The Morgan fingerprint density at radius 3 is 3.10 bits per heavy atom. The summed E-state index contributed by atoms with van der Waals surface area (Å²) in [5.74, 6) is 0.440. The zero-order valence-electron chi connectivity index (χ0n) is 11.5. The molecule has 1 saturated heterocycles. The van der Waals surface area contributed by atoms with E-state index in [-0.39, 0.29) is 5.91 Å². The average Bonchev–Trinajstić information content (AvgIpc) is 3.01. The number of amides is 1. The predicted octanol–water partition coefficient (Wildman–Crippen LogP) is 2.87. The van der Waals surface area contributed by atoms with Gasteiger partial charge in [0.1, 0.15) is 0 Å². The van der Waals surface area contributed by atoms with Crippen LogP contribution in [-0.4, -0.2) is 33.9 Å². The molecule has 20 heavy (non-hydrogen) atoms. The molecule has 1 fully saturated rings. The van der Waals surface area contributed by atoms with Crippen molar-refractivity contribution in [3.63, 3.8) is 0 Å². The fraction of sp³-hybridized carbons (Fsp3) is 0.400. The summed E-state index contributed by atoms with van der Waals surface area (Å²) in [5, 5.41) is 3.86. The zero-order valence-corrected chi connectivity index (χ0v) is 12.3. The summed E-state index contributed by atoms with van der Waals surface area (Å²) in [6, 6.07) is 1.89. The van der Waals surface area contributed by atoms with E-state index in [1.54, 1.807) is 17.5 Å². The number of aryl methyl sites for hydroxylation is 1.